The highest BCUT2D eigenvalue weighted by Crippen LogP contribution is 2.30. The zero-order valence-corrected chi connectivity index (χ0v) is 15.2. The molecule has 0 radical (unpaired) electrons. The Labute approximate surface area is 168 Å². The van der Waals surface area contributed by atoms with Gasteiger partial charge in [0.25, 0.3) is 5.69 Å². The highest BCUT2D eigenvalue weighted by Gasteiger charge is 2.30. The number of carbonyl (C=O) groups excluding carboxylic acids is 1. The molecule has 0 spiro atoms. The number of nitro benzene ring substituents is 1. The third kappa shape index (κ3) is 5.28. The van der Waals surface area contributed by atoms with E-state index in [4.69, 9.17) is 4.74 Å². The number of alkyl halides is 3. The van der Waals surface area contributed by atoms with Gasteiger partial charge in [-0.25, -0.2) is 4.79 Å². The molecule has 0 saturated carbocycles. The molecule has 3 rings (SSSR count). The zero-order valence-electron chi connectivity index (χ0n) is 15.2. The van der Waals surface area contributed by atoms with E-state index < -0.39 is 22.6 Å². The number of aliphatic imine (C=N–C) groups is 1. The highest BCUT2D eigenvalue weighted by atomic mass is 19.4. The van der Waals surface area contributed by atoms with E-state index in [1.165, 1.54) is 42.6 Å². The summed E-state index contributed by atoms with van der Waals surface area (Å²) in [5.41, 5.74) is 0.525. The molecule has 0 bridgehead atoms. The minimum atomic E-state index is -4.46. The molecule has 3 aromatic carbocycles. The summed E-state index contributed by atoms with van der Waals surface area (Å²) < 4.78 is 42.8. The SMILES string of the molecule is O=C(Oc1ccc(C(F)(F)F)cc1)c1ccc(C=Nc2ccc([N+](=O)[O-])cc2)cc1. The van der Waals surface area contributed by atoms with Gasteiger partial charge in [-0.3, -0.25) is 15.1 Å². The predicted octanol–water partition coefficient (Wildman–Crippen LogP) is 5.58. The topological polar surface area (TPSA) is 81.8 Å². The van der Waals surface area contributed by atoms with Crippen LogP contribution in [0.5, 0.6) is 5.75 Å². The number of carbonyl (C=O) groups is 1. The normalized spacial score (nSPS) is 11.4. The van der Waals surface area contributed by atoms with Crippen LogP contribution in [0.25, 0.3) is 0 Å². The van der Waals surface area contributed by atoms with Crippen molar-refractivity contribution in [2.75, 3.05) is 0 Å². The molecule has 0 unspecified atom stereocenters. The maximum absolute atomic E-state index is 12.6. The molecule has 0 aromatic heterocycles. The van der Waals surface area contributed by atoms with Gasteiger partial charge in [0.15, 0.2) is 0 Å². The number of esters is 1. The number of benzene rings is 3. The first-order valence-electron chi connectivity index (χ1n) is 8.50. The summed E-state index contributed by atoms with van der Waals surface area (Å²) in [6.45, 7) is 0. The lowest BCUT2D eigenvalue weighted by Gasteiger charge is -2.08. The molecule has 0 N–H and O–H groups in total. The molecule has 0 aliphatic heterocycles. The van der Waals surface area contributed by atoms with E-state index in [2.05, 4.69) is 4.99 Å². The van der Waals surface area contributed by atoms with Gasteiger partial charge in [0, 0.05) is 18.3 Å². The van der Waals surface area contributed by atoms with Crippen LogP contribution in [0.2, 0.25) is 0 Å². The Hall–Kier alpha value is -4.01. The van der Waals surface area contributed by atoms with Crippen molar-refractivity contribution in [2.45, 2.75) is 6.18 Å². The second-order valence-electron chi connectivity index (χ2n) is 6.07. The Morgan fingerprint density at radius 3 is 2.07 bits per heavy atom. The standard InChI is InChI=1S/C21H13F3N2O4/c22-21(23,24)16-5-11-19(12-6-16)30-20(27)15-3-1-14(2-4-15)13-25-17-7-9-18(10-8-17)26(28)29/h1-13H. The first-order valence-corrected chi connectivity index (χ1v) is 8.50. The predicted molar refractivity (Wildman–Crippen MR) is 103 cm³/mol. The van der Waals surface area contributed by atoms with Crippen molar-refractivity contribution in [3.05, 3.63) is 99.6 Å². The van der Waals surface area contributed by atoms with Crippen LogP contribution in [0, 0.1) is 10.1 Å². The molecule has 3 aromatic rings. The molecular weight excluding hydrogens is 401 g/mol. The van der Waals surface area contributed by atoms with Gasteiger partial charge in [0.1, 0.15) is 5.75 Å². The maximum Gasteiger partial charge on any atom is 0.416 e. The molecule has 0 amide bonds. The van der Waals surface area contributed by atoms with Crippen molar-refractivity contribution in [3.63, 3.8) is 0 Å². The third-order valence-corrected chi connectivity index (χ3v) is 3.96. The van der Waals surface area contributed by atoms with Gasteiger partial charge in [-0.2, -0.15) is 13.2 Å². The van der Waals surface area contributed by atoms with Crippen molar-refractivity contribution < 1.29 is 27.6 Å². The molecule has 0 atom stereocenters. The van der Waals surface area contributed by atoms with Crippen LogP contribution in [0.15, 0.2) is 77.8 Å². The summed E-state index contributed by atoms with van der Waals surface area (Å²) in [7, 11) is 0. The van der Waals surface area contributed by atoms with Crippen LogP contribution in [0.1, 0.15) is 21.5 Å². The Balaban J connectivity index is 1.63. The summed E-state index contributed by atoms with van der Waals surface area (Å²) in [5.74, 6) is -0.717. The number of hydrogen-bond donors (Lipinski definition) is 0. The van der Waals surface area contributed by atoms with E-state index in [9.17, 15) is 28.1 Å². The zero-order chi connectivity index (χ0) is 21.7. The second kappa shape index (κ2) is 8.56. The Bertz CT molecular complexity index is 1080. The second-order valence-corrected chi connectivity index (χ2v) is 6.07. The Morgan fingerprint density at radius 1 is 0.933 bits per heavy atom. The molecule has 0 aliphatic carbocycles. The van der Waals surface area contributed by atoms with Gasteiger partial charge >= 0.3 is 12.1 Å². The van der Waals surface area contributed by atoms with Crippen LogP contribution in [0.3, 0.4) is 0 Å². The van der Waals surface area contributed by atoms with E-state index in [0.29, 0.717) is 11.3 Å². The lowest BCUT2D eigenvalue weighted by atomic mass is 10.1. The van der Waals surface area contributed by atoms with Crippen molar-refractivity contribution in [1.29, 1.82) is 0 Å². The number of nitrogens with zero attached hydrogens (tertiary/aromatic N) is 2. The molecular formula is C21H13F3N2O4. The quantitative estimate of drug-likeness (QED) is 0.179. The van der Waals surface area contributed by atoms with E-state index in [1.54, 1.807) is 12.1 Å². The van der Waals surface area contributed by atoms with Crippen LogP contribution in [0.4, 0.5) is 24.5 Å². The van der Waals surface area contributed by atoms with Gasteiger partial charge < -0.3 is 4.74 Å². The first-order chi connectivity index (χ1) is 14.2. The maximum atomic E-state index is 12.6. The lowest BCUT2D eigenvalue weighted by molar-refractivity contribution is -0.384. The first kappa shape index (κ1) is 20.7. The Morgan fingerprint density at radius 2 is 1.53 bits per heavy atom. The average molecular weight is 414 g/mol. The van der Waals surface area contributed by atoms with Crippen molar-refractivity contribution in [3.8, 4) is 5.75 Å². The summed E-state index contributed by atoms with van der Waals surface area (Å²) in [4.78, 5) is 26.5. The van der Waals surface area contributed by atoms with Crippen LogP contribution >= 0.6 is 0 Å². The average Bonchev–Trinajstić information content (AvgIpc) is 2.72. The van der Waals surface area contributed by atoms with E-state index in [-0.39, 0.29) is 17.0 Å². The minimum absolute atomic E-state index is 0.00295. The van der Waals surface area contributed by atoms with Gasteiger partial charge in [0.05, 0.1) is 21.7 Å². The van der Waals surface area contributed by atoms with E-state index in [0.717, 1.165) is 24.3 Å². The summed E-state index contributed by atoms with van der Waals surface area (Å²) >= 11 is 0. The molecule has 0 saturated heterocycles. The molecule has 9 heteroatoms. The monoisotopic (exact) mass is 414 g/mol. The molecule has 0 fully saturated rings. The van der Waals surface area contributed by atoms with Crippen LogP contribution < -0.4 is 4.74 Å². The number of halogens is 3. The molecule has 152 valence electrons. The number of nitro groups is 1. The van der Waals surface area contributed by atoms with Gasteiger partial charge in [0.2, 0.25) is 0 Å². The fraction of sp³-hybridized carbons (Fsp3) is 0.0476. The third-order valence-electron chi connectivity index (χ3n) is 3.96. The minimum Gasteiger partial charge on any atom is -0.423 e. The fourth-order valence-electron chi connectivity index (χ4n) is 2.39. The summed E-state index contributed by atoms with van der Waals surface area (Å²) in [6, 6.07) is 15.7. The van der Waals surface area contributed by atoms with Crippen molar-refractivity contribution in [1.82, 2.24) is 0 Å². The highest BCUT2D eigenvalue weighted by molar-refractivity contribution is 5.92. The number of rotatable bonds is 5. The molecule has 30 heavy (non-hydrogen) atoms. The largest absolute Gasteiger partial charge is 0.423 e. The van der Waals surface area contributed by atoms with Crippen molar-refractivity contribution >= 4 is 23.6 Å². The molecule has 0 aliphatic rings. The number of ether oxygens (including phenoxy) is 1. The number of hydrogen-bond acceptors (Lipinski definition) is 5. The number of non-ortho nitro benzene ring substituents is 1. The van der Waals surface area contributed by atoms with Crippen LogP contribution in [-0.4, -0.2) is 17.1 Å². The molecule has 0 heterocycles. The lowest BCUT2D eigenvalue weighted by Crippen LogP contribution is -2.09. The van der Waals surface area contributed by atoms with Gasteiger partial charge in [-0.15, -0.1) is 0 Å². The van der Waals surface area contributed by atoms with E-state index in [1.807, 2.05) is 0 Å². The summed E-state index contributed by atoms with van der Waals surface area (Å²) in [6.07, 6.45) is -2.94. The molecule has 6 nitrogen and oxygen atoms in total. The van der Waals surface area contributed by atoms with E-state index >= 15 is 0 Å². The van der Waals surface area contributed by atoms with Crippen LogP contribution in [-0.2, 0) is 6.18 Å². The fourth-order valence-corrected chi connectivity index (χ4v) is 2.39. The smallest absolute Gasteiger partial charge is 0.416 e. The Kier molecular flexibility index (Phi) is 5.91. The summed E-state index contributed by atoms with van der Waals surface area (Å²) in [5, 5.41) is 10.6. The van der Waals surface area contributed by atoms with Gasteiger partial charge in [-0.1, -0.05) is 12.1 Å². The van der Waals surface area contributed by atoms with Gasteiger partial charge in [-0.05, 0) is 54.1 Å². The van der Waals surface area contributed by atoms with Crippen molar-refractivity contribution in [2.24, 2.45) is 4.99 Å².